The predicted octanol–water partition coefficient (Wildman–Crippen LogP) is 1.15. The number of ether oxygens (including phenoxy) is 1. The summed E-state index contributed by atoms with van der Waals surface area (Å²) in [5.74, 6) is -0.598. The van der Waals surface area contributed by atoms with Gasteiger partial charge in [-0.1, -0.05) is 6.07 Å². The molecule has 0 saturated carbocycles. The Hall–Kier alpha value is -1.86. The highest BCUT2D eigenvalue weighted by atomic mass is 16.5. The molecule has 15 heavy (non-hydrogen) atoms. The van der Waals surface area contributed by atoms with Crippen molar-refractivity contribution in [3.8, 4) is 6.07 Å². The summed E-state index contributed by atoms with van der Waals surface area (Å²) in [6, 6.07) is 5.13. The van der Waals surface area contributed by atoms with Gasteiger partial charge < -0.3 is 9.84 Å². The van der Waals surface area contributed by atoms with Crippen LogP contribution >= 0.6 is 0 Å². The number of hydrogen-bond acceptors (Lipinski definition) is 4. The molecule has 0 fully saturated rings. The summed E-state index contributed by atoms with van der Waals surface area (Å²) in [4.78, 5) is 11.4. The van der Waals surface area contributed by atoms with Crippen LogP contribution in [0.4, 0.5) is 0 Å². The van der Waals surface area contributed by atoms with Gasteiger partial charge in [0.25, 0.3) is 0 Å². The summed E-state index contributed by atoms with van der Waals surface area (Å²) < 4.78 is 4.58. The average Bonchev–Trinajstić information content (AvgIpc) is 2.27. The first-order valence-electron chi connectivity index (χ1n) is 4.37. The Kier molecular flexibility index (Phi) is 3.42. The number of nitrogens with zero attached hydrogens (tertiary/aromatic N) is 1. The molecule has 78 valence electrons. The van der Waals surface area contributed by atoms with Crippen molar-refractivity contribution in [3.05, 3.63) is 34.4 Å². The molecule has 0 saturated heterocycles. The van der Waals surface area contributed by atoms with Gasteiger partial charge in [-0.15, -0.1) is 0 Å². The molecule has 0 heterocycles. The van der Waals surface area contributed by atoms with Crippen molar-refractivity contribution in [1.82, 2.24) is 0 Å². The van der Waals surface area contributed by atoms with Gasteiger partial charge in [-0.3, -0.25) is 0 Å². The minimum atomic E-state index is -0.598. The largest absolute Gasteiger partial charge is 0.465 e. The molecule has 1 N–H and O–H groups in total. The Bertz CT molecular complexity index is 432. The lowest BCUT2D eigenvalue weighted by molar-refractivity contribution is 0.0596. The molecule has 0 aliphatic heterocycles. The summed E-state index contributed by atoms with van der Waals surface area (Å²) in [6.45, 7) is 1.48. The lowest BCUT2D eigenvalue weighted by Crippen LogP contribution is -2.10. The van der Waals surface area contributed by atoms with E-state index in [0.29, 0.717) is 5.56 Å². The van der Waals surface area contributed by atoms with Crippen LogP contribution in [-0.2, 0) is 11.3 Å². The number of methoxy groups -OCH3 is 1. The van der Waals surface area contributed by atoms with Crippen LogP contribution in [0.25, 0.3) is 0 Å². The van der Waals surface area contributed by atoms with Gasteiger partial charge in [0, 0.05) is 0 Å². The maximum Gasteiger partial charge on any atom is 0.339 e. The SMILES string of the molecule is COC(=O)c1c(C#N)ccc(C)c1CO. The van der Waals surface area contributed by atoms with Crippen molar-refractivity contribution in [3.63, 3.8) is 0 Å². The Labute approximate surface area is 87.7 Å². The fourth-order valence-corrected chi connectivity index (χ4v) is 1.38. The Balaban J connectivity index is 3.49. The second-order valence-corrected chi connectivity index (χ2v) is 3.05. The number of aryl methyl sites for hydroxylation is 1. The maximum atomic E-state index is 11.4. The molecule has 4 heteroatoms. The zero-order valence-electron chi connectivity index (χ0n) is 8.57. The molecule has 0 aliphatic carbocycles. The molecule has 1 aromatic rings. The number of nitriles is 1. The van der Waals surface area contributed by atoms with Crippen LogP contribution in [0.3, 0.4) is 0 Å². The van der Waals surface area contributed by atoms with Crippen LogP contribution in [-0.4, -0.2) is 18.2 Å². The van der Waals surface area contributed by atoms with E-state index in [1.807, 2.05) is 6.07 Å². The van der Waals surface area contributed by atoms with Crippen LogP contribution in [0.1, 0.15) is 27.0 Å². The lowest BCUT2D eigenvalue weighted by atomic mass is 9.97. The van der Waals surface area contributed by atoms with E-state index in [0.717, 1.165) is 5.56 Å². The number of hydrogen-bond donors (Lipinski definition) is 1. The molecule has 0 spiro atoms. The van der Waals surface area contributed by atoms with Crippen molar-refractivity contribution in [2.75, 3.05) is 7.11 Å². The quantitative estimate of drug-likeness (QED) is 0.735. The first-order valence-corrected chi connectivity index (χ1v) is 4.37. The fraction of sp³-hybridized carbons (Fsp3) is 0.273. The molecule has 4 nitrogen and oxygen atoms in total. The third-order valence-corrected chi connectivity index (χ3v) is 2.22. The molecular weight excluding hydrogens is 194 g/mol. The van der Waals surface area contributed by atoms with Crippen molar-refractivity contribution >= 4 is 5.97 Å². The summed E-state index contributed by atoms with van der Waals surface area (Å²) in [5, 5.41) is 18.0. The highest BCUT2D eigenvalue weighted by Crippen LogP contribution is 2.19. The van der Waals surface area contributed by atoms with E-state index in [9.17, 15) is 4.79 Å². The molecule has 0 atom stereocenters. The minimum absolute atomic E-state index is 0.155. The summed E-state index contributed by atoms with van der Waals surface area (Å²) in [5.41, 5.74) is 1.58. The zero-order valence-corrected chi connectivity index (χ0v) is 8.57. The van der Waals surface area contributed by atoms with E-state index in [2.05, 4.69) is 4.74 Å². The third kappa shape index (κ3) is 1.97. The van der Waals surface area contributed by atoms with Crippen LogP contribution < -0.4 is 0 Å². The average molecular weight is 205 g/mol. The number of benzene rings is 1. The summed E-state index contributed by atoms with van der Waals surface area (Å²) >= 11 is 0. The van der Waals surface area contributed by atoms with Crippen molar-refractivity contribution < 1.29 is 14.6 Å². The van der Waals surface area contributed by atoms with Gasteiger partial charge in [0.05, 0.1) is 24.8 Å². The van der Waals surface area contributed by atoms with E-state index in [1.165, 1.54) is 7.11 Å². The molecule has 0 aliphatic rings. The number of aliphatic hydroxyl groups is 1. The van der Waals surface area contributed by atoms with E-state index in [4.69, 9.17) is 10.4 Å². The van der Waals surface area contributed by atoms with Crippen molar-refractivity contribution in [1.29, 1.82) is 5.26 Å². The molecule has 0 unspecified atom stereocenters. The molecule has 0 aromatic heterocycles. The molecule has 0 amide bonds. The van der Waals surface area contributed by atoms with Crippen LogP contribution in [0, 0.1) is 18.3 Å². The number of esters is 1. The van der Waals surface area contributed by atoms with Gasteiger partial charge in [0.1, 0.15) is 6.07 Å². The van der Waals surface area contributed by atoms with E-state index >= 15 is 0 Å². The fourth-order valence-electron chi connectivity index (χ4n) is 1.38. The van der Waals surface area contributed by atoms with Crippen LogP contribution in [0.15, 0.2) is 12.1 Å². The number of aliphatic hydroxyl groups excluding tert-OH is 1. The Morgan fingerprint density at radius 3 is 2.73 bits per heavy atom. The molecule has 0 radical (unpaired) electrons. The van der Waals surface area contributed by atoms with E-state index in [1.54, 1.807) is 19.1 Å². The normalized spacial score (nSPS) is 9.47. The first kappa shape index (κ1) is 11.2. The van der Waals surface area contributed by atoms with Gasteiger partial charge >= 0.3 is 5.97 Å². The second kappa shape index (κ2) is 4.58. The maximum absolute atomic E-state index is 11.4. The van der Waals surface area contributed by atoms with E-state index < -0.39 is 5.97 Å². The Morgan fingerprint density at radius 2 is 2.27 bits per heavy atom. The number of rotatable bonds is 2. The third-order valence-electron chi connectivity index (χ3n) is 2.22. The topological polar surface area (TPSA) is 70.3 Å². The van der Waals surface area contributed by atoms with Crippen molar-refractivity contribution in [2.45, 2.75) is 13.5 Å². The molecule has 1 aromatic carbocycles. The molecule has 0 bridgehead atoms. The van der Waals surface area contributed by atoms with Gasteiger partial charge in [-0.25, -0.2) is 4.79 Å². The lowest BCUT2D eigenvalue weighted by Gasteiger charge is -2.09. The van der Waals surface area contributed by atoms with Gasteiger partial charge in [-0.2, -0.15) is 5.26 Å². The number of carbonyl (C=O) groups excluding carboxylic acids is 1. The molecule has 1 rings (SSSR count). The minimum Gasteiger partial charge on any atom is -0.465 e. The van der Waals surface area contributed by atoms with Gasteiger partial charge in [0.2, 0.25) is 0 Å². The smallest absolute Gasteiger partial charge is 0.339 e. The van der Waals surface area contributed by atoms with Gasteiger partial charge in [0.15, 0.2) is 0 Å². The molecular formula is C11H11NO3. The highest BCUT2D eigenvalue weighted by Gasteiger charge is 2.18. The Morgan fingerprint density at radius 1 is 1.60 bits per heavy atom. The van der Waals surface area contributed by atoms with E-state index in [-0.39, 0.29) is 17.7 Å². The van der Waals surface area contributed by atoms with Gasteiger partial charge in [-0.05, 0) is 24.1 Å². The summed E-state index contributed by atoms with van der Waals surface area (Å²) in [7, 11) is 1.24. The van der Waals surface area contributed by atoms with Crippen LogP contribution in [0.2, 0.25) is 0 Å². The monoisotopic (exact) mass is 205 g/mol. The second-order valence-electron chi connectivity index (χ2n) is 3.05. The van der Waals surface area contributed by atoms with Crippen LogP contribution in [0.5, 0.6) is 0 Å². The highest BCUT2D eigenvalue weighted by molar-refractivity contribution is 5.94. The predicted molar refractivity (Wildman–Crippen MR) is 53.2 cm³/mol. The standard InChI is InChI=1S/C11H11NO3/c1-7-3-4-8(5-12)10(9(7)6-13)11(14)15-2/h3-4,13H,6H2,1-2H3. The summed E-state index contributed by atoms with van der Waals surface area (Å²) in [6.07, 6.45) is 0. The number of carbonyl (C=O) groups is 1. The van der Waals surface area contributed by atoms with Crippen molar-refractivity contribution in [2.24, 2.45) is 0 Å². The zero-order chi connectivity index (χ0) is 11.4. The first-order chi connectivity index (χ1) is 7.15.